The standard InChI is InChI=1S/C21H32FN/c1-16-15-19(22)9-10-20(16)18-7-5-17(6-8-18)11-14-23-21(2)12-3-4-13-21/h9-10,15,17-18,23H,3-8,11-14H2,1-2H3. The van der Waals surface area contributed by atoms with Crippen LogP contribution in [0.5, 0.6) is 0 Å². The van der Waals surface area contributed by atoms with Gasteiger partial charge in [-0.2, -0.15) is 0 Å². The fraction of sp³-hybridized carbons (Fsp3) is 0.714. The zero-order valence-electron chi connectivity index (χ0n) is 14.8. The first kappa shape index (κ1) is 17.0. The molecule has 1 aromatic carbocycles. The zero-order chi connectivity index (χ0) is 16.3. The summed E-state index contributed by atoms with van der Waals surface area (Å²) < 4.78 is 13.3. The first-order valence-corrected chi connectivity index (χ1v) is 9.57. The van der Waals surface area contributed by atoms with Gasteiger partial charge in [-0.25, -0.2) is 4.39 Å². The molecule has 0 heterocycles. The van der Waals surface area contributed by atoms with E-state index >= 15 is 0 Å². The largest absolute Gasteiger partial charge is 0.312 e. The minimum Gasteiger partial charge on any atom is -0.312 e. The summed E-state index contributed by atoms with van der Waals surface area (Å²) in [4.78, 5) is 0. The second kappa shape index (κ2) is 7.34. The van der Waals surface area contributed by atoms with Gasteiger partial charge in [-0.15, -0.1) is 0 Å². The molecular formula is C21H32FN. The monoisotopic (exact) mass is 317 g/mol. The van der Waals surface area contributed by atoms with E-state index in [1.165, 1.54) is 69.9 Å². The Morgan fingerprint density at radius 3 is 2.48 bits per heavy atom. The van der Waals surface area contributed by atoms with Gasteiger partial charge in [0, 0.05) is 5.54 Å². The molecule has 3 rings (SSSR count). The third-order valence-electron chi connectivity index (χ3n) is 6.33. The Morgan fingerprint density at radius 2 is 1.83 bits per heavy atom. The summed E-state index contributed by atoms with van der Waals surface area (Å²) in [5, 5.41) is 3.82. The molecule has 2 aliphatic carbocycles. The SMILES string of the molecule is Cc1cc(F)ccc1C1CCC(CCNC2(C)CCCC2)CC1. The molecule has 2 heteroatoms. The van der Waals surface area contributed by atoms with Gasteiger partial charge in [-0.3, -0.25) is 0 Å². The summed E-state index contributed by atoms with van der Waals surface area (Å²) in [7, 11) is 0. The van der Waals surface area contributed by atoms with Gasteiger partial charge in [0.05, 0.1) is 0 Å². The quantitative estimate of drug-likeness (QED) is 0.732. The van der Waals surface area contributed by atoms with Crippen molar-refractivity contribution in [3.8, 4) is 0 Å². The summed E-state index contributed by atoms with van der Waals surface area (Å²) in [5.41, 5.74) is 2.92. The number of aryl methyl sites for hydroxylation is 1. The molecule has 1 N–H and O–H groups in total. The van der Waals surface area contributed by atoms with Gasteiger partial charge in [0.1, 0.15) is 5.82 Å². The molecule has 2 aliphatic rings. The first-order chi connectivity index (χ1) is 11.1. The van der Waals surface area contributed by atoms with E-state index in [1.54, 1.807) is 12.1 Å². The van der Waals surface area contributed by atoms with Gasteiger partial charge in [0.15, 0.2) is 0 Å². The summed E-state index contributed by atoms with van der Waals surface area (Å²) in [5.74, 6) is 1.42. The van der Waals surface area contributed by atoms with E-state index in [4.69, 9.17) is 0 Å². The van der Waals surface area contributed by atoms with Crippen molar-refractivity contribution in [1.82, 2.24) is 5.32 Å². The van der Waals surface area contributed by atoms with Crippen molar-refractivity contribution < 1.29 is 4.39 Å². The van der Waals surface area contributed by atoms with Crippen LogP contribution in [0.15, 0.2) is 18.2 Å². The van der Waals surface area contributed by atoms with Crippen LogP contribution in [0.4, 0.5) is 4.39 Å². The van der Waals surface area contributed by atoms with E-state index < -0.39 is 0 Å². The molecule has 23 heavy (non-hydrogen) atoms. The number of rotatable bonds is 5. The normalized spacial score (nSPS) is 27.3. The number of benzene rings is 1. The lowest BCUT2D eigenvalue weighted by molar-refractivity contribution is 0.284. The molecule has 0 aromatic heterocycles. The minimum absolute atomic E-state index is 0.105. The topological polar surface area (TPSA) is 12.0 Å². The molecule has 128 valence electrons. The lowest BCUT2D eigenvalue weighted by Gasteiger charge is -2.31. The molecule has 0 spiro atoms. The maximum atomic E-state index is 13.3. The highest BCUT2D eigenvalue weighted by molar-refractivity contribution is 5.30. The van der Waals surface area contributed by atoms with Crippen molar-refractivity contribution in [2.24, 2.45) is 5.92 Å². The van der Waals surface area contributed by atoms with Crippen LogP contribution in [0, 0.1) is 18.7 Å². The van der Waals surface area contributed by atoms with E-state index in [0.29, 0.717) is 11.5 Å². The van der Waals surface area contributed by atoms with Crippen LogP contribution in [0.3, 0.4) is 0 Å². The second-order valence-corrected chi connectivity index (χ2v) is 8.20. The molecule has 0 amide bonds. The molecule has 0 atom stereocenters. The van der Waals surface area contributed by atoms with Gasteiger partial charge >= 0.3 is 0 Å². The Labute approximate surface area is 141 Å². The Balaban J connectivity index is 1.43. The molecule has 2 fully saturated rings. The average Bonchev–Trinajstić information content (AvgIpc) is 2.95. The van der Waals surface area contributed by atoms with Gasteiger partial charge in [0.25, 0.3) is 0 Å². The Morgan fingerprint density at radius 1 is 1.13 bits per heavy atom. The summed E-state index contributed by atoms with van der Waals surface area (Å²) in [6, 6.07) is 5.33. The van der Waals surface area contributed by atoms with Crippen LogP contribution in [0.1, 0.15) is 81.8 Å². The van der Waals surface area contributed by atoms with Crippen LogP contribution in [0.2, 0.25) is 0 Å². The van der Waals surface area contributed by atoms with Crippen LogP contribution in [-0.2, 0) is 0 Å². The molecule has 0 saturated heterocycles. The van der Waals surface area contributed by atoms with Crippen molar-refractivity contribution in [2.45, 2.75) is 83.1 Å². The van der Waals surface area contributed by atoms with Crippen molar-refractivity contribution in [3.05, 3.63) is 35.1 Å². The third-order valence-corrected chi connectivity index (χ3v) is 6.33. The highest BCUT2D eigenvalue weighted by Crippen LogP contribution is 2.38. The predicted molar refractivity (Wildman–Crippen MR) is 95.3 cm³/mol. The van der Waals surface area contributed by atoms with Crippen LogP contribution in [-0.4, -0.2) is 12.1 Å². The minimum atomic E-state index is -0.105. The van der Waals surface area contributed by atoms with E-state index in [9.17, 15) is 4.39 Å². The highest BCUT2D eigenvalue weighted by Gasteiger charge is 2.28. The Hall–Kier alpha value is -0.890. The van der Waals surface area contributed by atoms with E-state index in [2.05, 4.69) is 19.2 Å². The first-order valence-electron chi connectivity index (χ1n) is 9.57. The molecule has 1 aromatic rings. The van der Waals surface area contributed by atoms with Gasteiger partial charge in [0.2, 0.25) is 0 Å². The molecule has 0 radical (unpaired) electrons. The molecule has 0 bridgehead atoms. The molecule has 0 unspecified atom stereocenters. The number of hydrogen-bond acceptors (Lipinski definition) is 1. The Kier molecular flexibility index (Phi) is 5.41. The van der Waals surface area contributed by atoms with Crippen LogP contribution < -0.4 is 5.32 Å². The number of halogens is 1. The molecular weight excluding hydrogens is 285 g/mol. The number of nitrogens with one attached hydrogen (secondary N) is 1. The number of hydrogen-bond donors (Lipinski definition) is 1. The highest BCUT2D eigenvalue weighted by atomic mass is 19.1. The van der Waals surface area contributed by atoms with E-state index in [-0.39, 0.29) is 5.82 Å². The van der Waals surface area contributed by atoms with Gasteiger partial charge in [-0.05, 0) is 100 Å². The third kappa shape index (κ3) is 4.35. The fourth-order valence-corrected chi connectivity index (χ4v) is 4.77. The van der Waals surface area contributed by atoms with Crippen molar-refractivity contribution >= 4 is 0 Å². The van der Waals surface area contributed by atoms with E-state index in [0.717, 1.165) is 11.5 Å². The summed E-state index contributed by atoms with van der Waals surface area (Å²) >= 11 is 0. The lowest BCUT2D eigenvalue weighted by Crippen LogP contribution is -2.40. The van der Waals surface area contributed by atoms with Crippen molar-refractivity contribution in [1.29, 1.82) is 0 Å². The fourth-order valence-electron chi connectivity index (χ4n) is 4.77. The average molecular weight is 317 g/mol. The van der Waals surface area contributed by atoms with Gasteiger partial charge < -0.3 is 5.32 Å². The predicted octanol–water partition coefficient (Wildman–Crippen LogP) is 5.72. The molecule has 1 nitrogen and oxygen atoms in total. The van der Waals surface area contributed by atoms with Gasteiger partial charge in [-0.1, -0.05) is 18.9 Å². The summed E-state index contributed by atoms with van der Waals surface area (Å²) in [6.45, 7) is 5.63. The van der Waals surface area contributed by atoms with E-state index in [1.807, 2.05) is 6.07 Å². The maximum Gasteiger partial charge on any atom is 0.123 e. The maximum absolute atomic E-state index is 13.3. The smallest absolute Gasteiger partial charge is 0.123 e. The molecule has 0 aliphatic heterocycles. The van der Waals surface area contributed by atoms with Crippen LogP contribution in [0.25, 0.3) is 0 Å². The lowest BCUT2D eigenvalue weighted by atomic mass is 9.76. The van der Waals surface area contributed by atoms with Crippen molar-refractivity contribution in [2.75, 3.05) is 6.54 Å². The van der Waals surface area contributed by atoms with Crippen LogP contribution >= 0.6 is 0 Å². The molecule has 2 saturated carbocycles. The van der Waals surface area contributed by atoms with Crippen molar-refractivity contribution in [3.63, 3.8) is 0 Å². The second-order valence-electron chi connectivity index (χ2n) is 8.20. The summed E-state index contributed by atoms with van der Waals surface area (Å²) in [6.07, 6.45) is 12.0. The Bertz CT molecular complexity index is 511. The zero-order valence-corrected chi connectivity index (χ0v) is 14.8.